The van der Waals surface area contributed by atoms with Gasteiger partial charge < -0.3 is 5.32 Å². The van der Waals surface area contributed by atoms with Gasteiger partial charge in [-0.2, -0.15) is 5.10 Å². The van der Waals surface area contributed by atoms with E-state index >= 15 is 0 Å². The molecule has 0 spiro atoms. The van der Waals surface area contributed by atoms with Crippen LogP contribution >= 0.6 is 11.6 Å². The Balaban J connectivity index is 2.40. The fourth-order valence-electron chi connectivity index (χ4n) is 1.26. The van der Waals surface area contributed by atoms with E-state index in [1.54, 1.807) is 19.2 Å². The summed E-state index contributed by atoms with van der Waals surface area (Å²) in [7, 11) is 1.78. The lowest BCUT2D eigenvalue weighted by Crippen LogP contribution is -1.85. The highest BCUT2D eigenvalue weighted by Gasteiger charge is 2.05. The van der Waals surface area contributed by atoms with Crippen LogP contribution in [0.15, 0.2) is 24.3 Å². The van der Waals surface area contributed by atoms with Gasteiger partial charge in [0.1, 0.15) is 11.6 Å². The van der Waals surface area contributed by atoms with Crippen LogP contribution < -0.4 is 5.32 Å². The van der Waals surface area contributed by atoms with Crippen molar-refractivity contribution >= 4 is 17.4 Å². The van der Waals surface area contributed by atoms with Crippen LogP contribution in [0.2, 0.25) is 5.02 Å². The highest BCUT2D eigenvalue weighted by atomic mass is 35.5. The fourth-order valence-corrected chi connectivity index (χ4v) is 1.44. The van der Waals surface area contributed by atoms with Gasteiger partial charge in [-0.25, -0.2) is 4.39 Å². The Morgan fingerprint density at radius 3 is 2.80 bits per heavy atom. The summed E-state index contributed by atoms with van der Waals surface area (Å²) in [6.07, 6.45) is 0. The minimum absolute atomic E-state index is 0.105. The Bertz CT molecular complexity index is 481. The Morgan fingerprint density at radius 1 is 1.40 bits per heavy atom. The summed E-state index contributed by atoms with van der Waals surface area (Å²) in [4.78, 5) is 0. The zero-order chi connectivity index (χ0) is 10.8. The van der Waals surface area contributed by atoms with Gasteiger partial charge in [-0.1, -0.05) is 11.6 Å². The average Bonchev–Trinajstić information content (AvgIpc) is 2.70. The molecule has 15 heavy (non-hydrogen) atoms. The molecule has 2 N–H and O–H groups in total. The molecule has 0 radical (unpaired) electrons. The maximum atomic E-state index is 12.9. The molecule has 78 valence electrons. The number of aromatic nitrogens is 2. The average molecular weight is 226 g/mol. The SMILES string of the molecule is CNc1cc(-c2ccc(F)c(Cl)c2)[nH]n1. The number of anilines is 1. The lowest BCUT2D eigenvalue weighted by molar-refractivity contribution is 0.628. The second kappa shape index (κ2) is 3.90. The summed E-state index contributed by atoms with van der Waals surface area (Å²) >= 11 is 5.68. The van der Waals surface area contributed by atoms with Crippen LogP contribution in [-0.2, 0) is 0 Å². The number of aromatic amines is 1. The predicted molar refractivity (Wildman–Crippen MR) is 58.5 cm³/mol. The molecule has 5 heteroatoms. The zero-order valence-electron chi connectivity index (χ0n) is 8.01. The maximum absolute atomic E-state index is 12.9. The standard InChI is InChI=1S/C10H9ClFN3/c1-13-10-5-9(14-15-10)6-2-3-8(12)7(11)4-6/h2-5H,1H3,(H2,13,14,15). The van der Waals surface area contributed by atoms with Crippen LogP contribution in [0, 0.1) is 5.82 Å². The van der Waals surface area contributed by atoms with Crippen LogP contribution in [-0.4, -0.2) is 17.2 Å². The highest BCUT2D eigenvalue weighted by molar-refractivity contribution is 6.31. The van der Waals surface area contributed by atoms with Gasteiger partial charge in [0.2, 0.25) is 0 Å². The van der Waals surface area contributed by atoms with E-state index in [1.807, 2.05) is 6.07 Å². The van der Waals surface area contributed by atoms with E-state index < -0.39 is 5.82 Å². The van der Waals surface area contributed by atoms with Crippen LogP contribution in [0.1, 0.15) is 0 Å². The molecule has 2 rings (SSSR count). The van der Waals surface area contributed by atoms with E-state index in [0.29, 0.717) is 0 Å². The molecular weight excluding hydrogens is 217 g/mol. The molecule has 0 unspecified atom stereocenters. The smallest absolute Gasteiger partial charge is 0.148 e. The van der Waals surface area contributed by atoms with Gasteiger partial charge in [0.15, 0.2) is 0 Å². The van der Waals surface area contributed by atoms with Gasteiger partial charge >= 0.3 is 0 Å². The largest absolute Gasteiger partial charge is 0.372 e. The Morgan fingerprint density at radius 2 is 2.20 bits per heavy atom. The minimum atomic E-state index is -0.422. The van der Waals surface area contributed by atoms with Crippen LogP contribution in [0.25, 0.3) is 11.3 Å². The molecule has 0 atom stereocenters. The van der Waals surface area contributed by atoms with Gasteiger partial charge in [0, 0.05) is 18.7 Å². The third kappa shape index (κ3) is 1.94. The Hall–Kier alpha value is -1.55. The van der Waals surface area contributed by atoms with E-state index in [9.17, 15) is 4.39 Å². The Labute approximate surface area is 91.3 Å². The predicted octanol–water partition coefficient (Wildman–Crippen LogP) is 2.91. The molecule has 0 fully saturated rings. The van der Waals surface area contributed by atoms with Crippen LogP contribution in [0.5, 0.6) is 0 Å². The number of nitrogens with one attached hydrogen (secondary N) is 2. The maximum Gasteiger partial charge on any atom is 0.148 e. The summed E-state index contributed by atoms with van der Waals surface area (Å²) in [5.74, 6) is 0.305. The Kier molecular flexibility index (Phi) is 2.60. The number of halogens is 2. The second-order valence-corrected chi connectivity index (χ2v) is 3.45. The molecule has 0 aliphatic rings. The van der Waals surface area contributed by atoms with Crippen molar-refractivity contribution < 1.29 is 4.39 Å². The van der Waals surface area contributed by atoms with Crippen molar-refractivity contribution in [3.05, 3.63) is 35.1 Å². The van der Waals surface area contributed by atoms with Crippen LogP contribution in [0.4, 0.5) is 10.2 Å². The normalized spacial score (nSPS) is 10.3. The van der Waals surface area contributed by atoms with Gasteiger partial charge in [-0.15, -0.1) is 0 Å². The van der Waals surface area contributed by atoms with Gasteiger partial charge in [-0.3, -0.25) is 5.10 Å². The molecule has 2 aromatic rings. The molecule has 0 aliphatic carbocycles. The molecule has 0 bridgehead atoms. The lowest BCUT2D eigenvalue weighted by atomic mass is 10.1. The number of nitrogens with zero attached hydrogens (tertiary/aromatic N) is 1. The topological polar surface area (TPSA) is 40.7 Å². The van der Waals surface area contributed by atoms with Gasteiger partial charge in [-0.05, 0) is 18.2 Å². The van der Waals surface area contributed by atoms with Crippen molar-refractivity contribution in [2.75, 3.05) is 12.4 Å². The molecule has 0 saturated carbocycles. The minimum Gasteiger partial charge on any atom is -0.372 e. The lowest BCUT2D eigenvalue weighted by Gasteiger charge is -1.98. The van der Waals surface area contributed by atoms with E-state index in [2.05, 4.69) is 15.5 Å². The first-order chi connectivity index (χ1) is 7.20. The summed E-state index contributed by atoms with van der Waals surface area (Å²) < 4.78 is 12.9. The van der Waals surface area contributed by atoms with E-state index in [4.69, 9.17) is 11.6 Å². The van der Waals surface area contributed by atoms with Crippen molar-refractivity contribution in [3.8, 4) is 11.3 Å². The number of benzene rings is 1. The van der Waals surface area contributed by atoms with E-state index in [1.165, 1.54) is 6.07 Å². The number of rotatable bonds is 2. The molecule has 0 aliphatic heterocycles. The quantitative estimate of drug-likeness (QED) is 0.825. The summed E-state index contributed by atoms with van der Waals surface area (Å²) in [6.45, 7) is 0. The van der Waals surface area contributed by atoms with Crippen molar-refractivity contribution in [1.29, 1.82) is 0 Å². The number of H-pyrrole nitrogens is 1. The summed E-state index contributed by atoms with van der Waals surface area (Å²) in [5.41, 5.74) is 1.59. The monoisotopic (exact) mass is 225 g/mol. The van der Waals surface area contributed by atoms with E-state index in [-0.39, 0.29) is 5.02 Å². The van der Waals surface area contributed by atoms with E-state index in [0.717, 1.165) is 17.1 Å². The summed E-state index contributed by atoms with van der Waals surface area (Å²) in [5, 5.41) is 9.81. The van der Waals surface area contributed by atoms with Crippen LogP contribution in [0.3, 0.4) is 0 Å². The fraction of sp³-hybridized carbons (Fsp3) is 0.100. The highest BCUT2D eigenvalue weighted by Crippen LogP contribution is 2.24. The molecule has 1 heterocycles. The first-order valence-corrected chi connectivity index (χ1v) is 4.77. The number of hydrogen-bond donors (Lipinski definition) is 2. The second-order valence-electron chi connectivity index (χ2n) is 3.05. The molecule has 0 saturated heterocycles. The first kappa shape index (κ1) is 9.98. The van der Waals surface area contributed by atoms with Gasteiger partial charge in [0.05, 0.1) is 10.7 Å². The van der Waals surface area contributed by atoms with Crippen molar-refractivity contribution in [3.63, 3.8) is 0 Å². The first-order valence-electron chi connectivity index (χ1n) is 4.39. The summed E-state index contributed by atoms with van der Waals surface area (Å²) in [6, 6.07) is 6.36. The molecule has 1 aromatic carbocycles. The van der Waals surface area contributed by atoms with Crippen molar-refractivity contribution in [2.24, 2.45) is 0 Å². The molecule has 0 amide bonds. The van der Waals surface area contributed by atoms with Crippen molar-refractivity contribution in [2.45, 2.75) is 0 Å². The number of hydrogen-bond acceptors (Lipinski definition) is 2. The van der Waals surface area contributed by atoms with Crippen molar-refractivity contribution in [1.82, 2.24) is 10.2 Å². The van der Waals surface area contributed by atoms with Gasteiger partial charge in [0.25, 0.3) is 0 Å². The molecular formula is C10H9ClFN3. The third-order valence-electron chi connectivity index (χ3n) is 2.06. The zero-order valence-corrected chi connectivity index (χ0v) is 8.77. The molecule has 1 aromatic heterocycles. The molecule has 3 nitrogen and oxygen atoms in total. The third-order valence-corrected chi connectivity index (χ3v) is 2.35.